The molecule has 1 fully saturated rings. The van der Waals surface area contributed by atoms with E-state index in [9.17, 15) is 15.1 Å². The average Bonchev–Trinajstić information content (AvgIpc) is 2.99. The first-order chi connectivity index (χ1) is 14.8. The van der Waals surface area contributed by atoms with Crippen LogP contribution in [0.4, 0.5) is 5.69 Å². The summed E-state index contributed by atoms with van der Waals surface area (Å²) in [7, 11) is 0. The van der Waals surface area contributed by atoms with Gasteiger partial charge in [0.05, 0.1) is 17.0 Å². The van der Waals surface area contributed by atoms with Crippen molar-refractivity contribution in [1.29, 1.82) is 5.26 Å². The molecule has 0 aromatic heterocycles. The number of piperidine rings is 1. The van der Waals surface area contributed by atoms with Crippen LogP contribution in [-0.4, -0.2) is 49.0 Å². The molecule has 2 N–H and O–H groups in total. The molecule has 2 aromatic carbocycles. The molecule has 2 heterocycles. The van der Waals surface area contributed by atoms with Crippen molar-refractivity contribution in [3.63, 3.8) is 0 Å². The summed E-state index contributed by atoms with van der Waals surface area (Å²) < 4.78 is 5.99. The molecule has 1 spiro atoms. The van der Waals surface area contributed by atoms with E-state index in [-0.39, 0.29) is 5.91 Å². The van der Waals surface area contributed by atoms with Crippen molar-refractivity contribution in [1.82, 2.24) is 4.90 Å². The number of carbonyl (C=O) groups excluding carboxylic acids is 1. The SMILES string of the molecule is CB(O)c1c(C)cc(OCCN2CCC3(CC2)C(=O)Nc2ccc(C#N)cc23)cc1C. The average molecular weight is 417 g/mol. The van der Waals surface area contributed by atoms with E-state index >= 15 is 0 Å². The molecule has 1 saturated heterocycles. The van der Waals surface area contributed by atoms with E-state index in [0.717, 1.165) is 66.1 Å². The maximum Gasteiger partial charge on any atom is 0.320 e. The number of fused-ring (bicyclic) bond motifs is 2. The first-order valence-corrected chi connectivity index (χ1v) is 10.8. The van der Waals surface area contributed by atoms with Gasteiger partial charge in [0.25, 0.3) is 0 Å². The number of amides is 1. The van der Waals surface area contributed by atoms with Gasteiger partial charge in [-0.25, -0.2) is 0 Å². The first kappa shape index (κ1) is 21.4. The van der Waals surface area contributed by atoms with Gasteiger partial charge in [0.1, 0.15) is 12.4 Å². The fraction of sp³-hybridized carbons (Fsp3) is 0.417. The number of ether oxygens (including phenoxy) is 1. The zero-order valence-corrected chi connectivity index (χ0v) is 18.4. The molecule has 4 rings (SSSR count). The summed E-state index contributed by atoms with van der Waals surface area (Å²) in [5.74, 6) is 0.874. The second-order valence-electron chi connectivity index (χ2n) is 8.75. The van der Waals surface area contributed by atoms with Crippen LogP contribution in [0, 0.1) is 25.2 Å². The van der Waals surface area contributed by atoms with Crippen molar-refractivity contribution in [3.05, 3.63) is 52.6 Å². The molecule has 1 amide bonds. The highest BCUT2D eigenvalue weighted by molar-refractivity contribution is 6.65. The van der Waals surface area contributed by atoms with Gasteiger partial charge in [0.15, 0.2) is 0 Å². The van der Waals surface area contributed by atoms with E-state index in [1.165, 1.54) is 0 Å². The van der Waals surface area contributed by atoms with E-state index in [4.69, 9.17) is 4.74 Å². The van der Waals surface area contributed by atoms with Gasteiger partial charge in [-0.1, -0.05) is 17.9 Å². The van der Waals surface area contributed by atoms with E-state index in [0.29, 0.717) is 12.2 Å². The molecule has 0 radical (unpaired) electrons. The number of likely N-dealkylation sites (tertiary alicyclic amines) is 1. The zero-order valence-electron chi connectivity index (χ0n) is 18.4. The van der Waals surface area contributed by atoms with Crippen molar-refractivity contribution < 1.29 is 14.6 Å². The van der Waals surface area contributed by atoms with E-state index in [1.54, 1.807) is 12.9 Å². The molecule has 2 aromatic rings. The molecule has 0 atom stereocenters. The minimum absolute atomic E-state index is 0.0534. The third-order valence-electron chi connectivity index (χ3n) is 6.72. The predicted molar refractivity (Wildman–Crippen MR) is 122 cm³/mol. The fourth-order valence-corrected chi connectivity index (χ4v) is 5.11. The summed E-state index contributed by atoms with van der Waals surface area (Å²) in [5.41, 5.74) is 4.91. The quantitative estimate of drug-likeness (QED) is 0.730. The van der Waals surface area contributed by atoms with Gasteiger partial charge in [-0.2, -0.15) is 5.26 Å². The predicted octanol–water partition coefficient (Wildman–Crippen LogP) is 2.36. The summed E-state index contributed by atoms with van der Waals surface area (Å²) in [6.07, 6.45) is 1.48. The monoisotopic (exact) mass is 417 g/mol. The van der Waals surface area contributed by atoms with Gasteiger partial charge < -0.3 is 15.1 Å². The molecule has 0 unspecified atom stereocenters. The van der Waals surface area contributed by atoms with E-state index < -0.39 is 12.3 Å². The number of carbonyl (C=O) groups is 1. The molecule has 2 aliphatic heterocycles. The minimum atomic E-state index is -0.523. The highest BCUT2D eigenvalue weighted by Gasteiger charge is 2.48. The molecule has 6 nitrogen and oxygen atoms in total. The summed E-state index contributed by atoms with van der Waals surface area (Å²) in [5, 5.41) is 22.2. The Bertz CT molecular complexity index is 1030. The van der Waals surface area contributed by atoms with E-state index in [1.807, 2.05) is 38.1 Å². The molecular weight excluding hydrogens is 389 g/mol. The highest BCUT2D eigenvalue weighted by Crippen LogP contribution is 2.45. The van der Waals surface area contributed by atoms with Gasteiger partial charge >= 0.3 is 6.92 Å². The molecule has 31 heavy (non-hydrogen) atoms. The fourth-order valence-electron chi connectivity index (χ4n) is 5.11. The zero-order chi connectivity index (χ0) is 22.2. The number of hydrogen-bond donors (Lipinski definition) is 2. The van der Waals surface area contributed by atoms with Crippen LogP contribution in [0.3, 0.4) is 0 Å². The van der Waals surface area contributed by atoms with Crippen LogP contribution in [-0.2, 0) is 10.2 Å². The van der Waals surface area contributed by atoms with Crippen LogP contribution in [0.5, 0.6) is 5.75 Å². The topological polar surface area (TPSA) is 85.6 Å². The maximum absolute atomic E-state index is 12.8. The molecule has 160 valence electrons. The second kappa shape index (κ2) is 8.37. The number of hydrogen-bond acceptors (Lipinski definition) is 5. The number of nitriles is 1. The van der Waals surface area contributed by atoms with Crippen LogP contribution in [0.25, 0.3) is 0 Å². The molecular formula is C24H28BN3O3. The van der Waals surface area contributed by atoms with Crippen molar-refractivity contribution in [2.24, 2.45) is 0 Å². The minimum Gasteiger partial charge on any atom is -0.492 e. The van der Waals surface area contributed by atoms with Gasteiger partial charge in [0, 0.05) is 12.2 Å². The van der Waals surface area contributed by atoms with Crippen molar-refractivity contribution in [3.8, 4) is 11.8 Å². The van der Waals surface area contributed by atoms with Gasteiger partial charge in [0.2, 0.25) is 5.91 Å². The molecule has 0 saturated carbocycles. The Morgan fingerprint density at radius 1 is 1.23 bits per heavy atom. The number of aryl methyl sites for hydroxylation is 2. The normalized spacial score (nSPS) is 17.2. The molecule has 0 aliphatic carbocycles. The number of anilines is 1. The summed E-state index contributed by atoms with van der Waals surface area (Å²) in [6.45, 7) is 8.26. The van der Waals surface area contributed by atoms with Crippen LogP contribution < -0.4 is 15.5 Å². The van der Waals surface area contributed by atoms with Crippen molar-refractivity contribution in [2.45, 2.75) is 38.9 Å². The lowest BCUT2D eigenvalue weighted by Gasteiger charge is -2.38. The maximum atomic E-state index is 12.8. The number of rotatable bonds is 5. The summed E-state index contributed by atoms with van der Waals surface area (Å²) >= 11 is 0. The largest absolute Gasteiger partial charge is 0.492 e. The highest BCUT2D eigenvalue weighted by atomic mass is 16.5. The van der Waals surface area contributed by atoms with Gasteiger partial charge in [-0.15, -0.1) is 0 Å². The lowest BCUT2D eigenvalue weighted by Crippen LogP contribution is -2.47. The number of nitrogens with one attached hydrogen (secondary N) is 1. The third-order valence-corrected chi connectivity index (χ3v) is 6.72. The molecule has 0 bridgehead atoms. The lowest BCUT2D eigenvalue weighted by molar-refractivity contribution is -0.122. The van der Waals surface area contributed by atoms with Crippen LogP contribution in [0.15, 0.2) is 30.3 Å². The van der Waals surface area contributed by atoms with Crippen molar-refractivity contribution >= 4 is 24.0 Å². The Morgan fingerprint density at radius 3 is 2.52 bits per heavy atom. The Kier molecular flexibility index (Phi) is 5.78. The summed E-state index contributed by atoms with van der Waals surface area (Å²) in [6, 6.07) is 11.6. The summed E-state index contributed by atoms with van der Waals surface area (Å²) in [4.78, 5) is 15.1. The second-order valence-corrected chi connectivity index (χ2v) is 8.75. The van der Waals surface area contributed by atoms with Gasteiger partial charge in [-0.3, -0.25) is 9.69 Å². The molecule has 7 heteroatoms. The Hall–Kier alpha value is -2.82. The smallest absolute Gasteiger partial charge is 0.320 e. The van der Waals surface area contributed by atoms with Crippen molar-refractivity contribution in [2.75, 3.05) is 31.6 Å². The van der Waals surface area contributed by atoms with Gasteiger partial charge in [-0.05, 0) is 81.1 Å². The van der Waals surface area contributed by atoms with Crippen LogP contribution in [0.1, 0.15) is 35.1 Å². The Labute approximate surface area is 183 Å². The number of benzene rings is 2. The standard InChI is InChI=1S/C24H28BN3O3/c1-16-12-19(13-17(2)22(16)25(3)30)31-11-10-28-8-6-24(7-9-28)20-14-18(15-26)4-5-21(20)27-23(24)29/h4-5,12-14,30H,6-11H2,1-3H3,(H,27,29). The van der Waals surface area contributed by atoms with E-state index in [2.05, 4.69) is 16.3 Å². The van der Waals surface area contributed by atoms with Crippen LogP contribution >= 0.6 is 0 Å². The Balaban J connectivity index is 1.36. The first-order valence-electron chi connectivity index (χ1n) is 10.8. The Morgan fingerprint density at radius 2 is 1.90 bits per heavy atom. The third kappa shape index (κ3) is 3.94. The lowest BCUT2D eigenvalue weighted by atomic mass is 9.61. The molecule has 2 aliphatic rings. The number of nitrogens with zero attached hydrogens (tertiary/aromatic N) is 2. The van der Waals surface area contributed by atoms with Crippen LogP contribution in [0.2, 0.25) is 6.82 Å².